The van der Waals surface area contributed by atoms with Crippen molar-refractivity contribution in [1.29, 1.82) is 0 Å². The molecule has 1 rings (SSSR count). The van der Waals surface area contributed by atoms with E-state index < -0.39 is 0 Å². The van der Waals surface area contributed by atoms with Gasteiger partial charge in [0.2, 0.25) is 0 Å². The van der Waals surface area contributed by atoms with Gasteiger partial charge in [0.15, 0.2) is 0 Å². The van der Waals surface area contributed by atoms with Crippen LogP contribution in [0.4, 0.5) is 10.1 Å². The van der Waals surface area contributed by atoms with E-state index in [-0.39, 0.29) is 5.82 Å². The van der Waals surface area contributed by atoms with Gasteiger partial charge in [-0.3, -0.25) is 0 Å². The molecule has 0 spiro atoms. The first-order valence-electron chi connectivity index (χ1n) is 3.81. The Morgan fingerprint density at radius 1 is 1.42 bits per heavy atom. The van der Waals surface area contributed by atoms with Crippen molar-refractivity contribution in [3.05, 3.63) is 29.0 Å². The summed E-state index contributed by atoms with van der Waals surface area (Å²) >= 11 is 5.77. The van der Waals surface area contributed by atoms with E-state index in [2.05, 4.69) is 5.32 Å². The summed E-state index contributed by atoms with van der Waals surface area (Å²) in [6.45, 7) is 4.00. The average Bonchev–Trinajstić information content (AvgIpc) is 1.94. The molecule has 0 fully saturated rings. The molecule has 0 unspecified atom stereocenters. The van der Waals surface area contributed by atoms with Gasteiger partial charge in [-0.25, -0.2) is 4.39 Å². The van der Waals surface area contributed by atoms with Gasteiger partial charge in [-0.2, -0.15) is 0 Å². The Hall–Kier alpha value is -0.760. The van der Waals surface area contributed by atoms with Crippen LogP contribution >= 0.6 is 11.6 Å². The Morgan fingerprint density at radius 3 is 2.58 bits per heavy atom. The van der Waals surface area contributed by atoms with E-state index in [1.165, 1.54) is 12.1 Å². The highest BCUT2D eigenvalue weighted by Crippen LogP contribution is 2.22. The van der Waals surface area contributed by atoms with Crippen molar-refractivity contribution >= 4 is 17.3 Å². The first kappa shape index (κ1) is 9.33. The fraction of sp³-hybridized carbons (Fsp3) is 0.333. The Bertz CT molecular complexity index is 273. The number of halogens is 2. The summed E-state index contributed by atoms with van der Waals surface area (Å²) in [6, 6.07) is 4.62. The molecule has 0 heterocycles. The largest absolute Gasteiger partial charge is 0.382 e. The molecule has 0 atom stereocenters. The van der Waals surface area contributed by atoms with Gasteiger partial charge < -0.3 is 5.32 Å². The molecule has 1 aromatic rings. The molecule has 0 aromatic heterocycles. The number of nitrogens with one attached hydrogen (secondary N) is 1. The molecule has 0 saturated heterocycles. The first-order valence-corrected chi connectivity index (χ1v) is 4.19. The maximum Gasteiger partial charge on any atom is 0.124 e. The summed E-state index contributed by atoms with van der Waals surface area (Å²) in [5.41, 5.74) is 0.771. The summed E-state index contributed by atoms with van der Waals surface area (Å²) in [4.78, 5) is 0. The minimum Gasteiger partial charge on any atom is -0.382 e. The molecule has 1 aromatic carbocycles. The van der Waals surface area contributed by atoms with E-state index in [0.717, 1.165) is 5.69 Å². The van der Waals surface area contributed by atoms with Gasteiger partial charge in [-0.15, -0.1) is 0 Å². The number of rotatable bonds is 2. The van der Waals surface area contributed by atoms with Crippen LogP contribution in [0.3, 0.4) is 0 Å². The zero-order chi connectivity index (χ0) is 9.14. The van der Waals surface area contributed by atoms with Gasteiger partial charge in [0.1, 0.15) is 5.82 Å². The minimum atomic E-state index is -0.311. The molecular weight excluding hydrogens is 177 g/mol. The van der Waals surface area contributed by atoms with Crippen LogP contribution in [0.25, 0.3) is 0 Å². The van der Waals surface area contributed by atoms with E-state index in [1.54, 1.807) is 6.07 Å². The van der Waals surface area contributed by atoms with Crippen molar-refractivity contribution in [2.24, 2.45) is 0 Å². The molecule has 0 aliphatic carbocycles. The Morgan fingerprint density at radius 2 is 2.08 bits per heavy atom. The van der Waals surface area contributed by atoms with Crippen molar-refractivity contribution in [1.82, 2.24) is 0 Å². The van der Waals surface area contributed by atoms with Crippen molar-refractivity contribution in [2.45, 2.75) is 19.9 Å². The van der Waals surface area contributed by atoms with Gasteiger partial charge in [-0.05, 0) is 32.0 Å². The molecule has 0 aliphatic heterocycles. The molecule has 66 valence electrons. The normalized spacial score (nSPS) is 10.4. The van der Waals surface area contributed by atoms with Gasteiger partial charge in [0, 0.05) is 6.04 Å². The van der Waals surface area contributed by atoms with E-state index >= 15 is 0 Å². The Kier molecular flexibility index (Phi) is 2.93. The van der Waals surface area contributed by atoms with Crippen molar-refractivity contribution in [3.63, 3.8) is 0 Å². The number of hydrogen-bond acceptors (Lipinski definition) is 1. The summed E-state index contributed by atoms with van der Waals surface area (Å²) in [7, 11) is 0. The topological polar surface area (TPSA) is 12.0 Å². The summed E-state index contributed by atoms with van der Waals surface area (Å²) < 4.78 is 12.6. The molecule has 0 bridgehead atoms. The molecular formula is C9H11ClFN. The third-order valence-corrected chi connectivity index (χ3v) is 1.69. The van der Waals surface area contributed by atoms with Crippen molar-refractivity contribution in [2.75, 3.05) is 5.32 Å². The van der Waals surface area contributed by atoms with Crippen LogP contribution in [0, 0.1) is 5.82 Å². The molecule has 1 N–H and O–H groups in total. The van der Waals surface area contributed by atoms with E-state index in [0.29, 0.717) is 11.1 Å². The number of anilines is 1. The predicted molar refractivity (Wildman–Crippen MR) is 50.2 cm³/mol. The van der Waals surface area contributed by atoms with Gasteiger partial charge >= 0.3 is 0 Å². The highest BCUT2D eigenvalue weighted by molar-refractivity contribution is 6.33. The monoisotopic (exact) mass is 187 g/mol. The van der Waals surface area contributed by atoms with Gasteiger partial charge in [0.25, 0.3) is 0 Å². The lowest BCUT2D eigenvalue weighted by atomic mass is 10.3. The van der Waals surface area contributed by atoms with Gasteiger partial charge in [0.05, 0.1) is 10.7 Å². The first-order chi connectivity index (χ1) is 5.59. The molecule has 0 radical (unpaired) electrons. The standard InChI is InChI=1S/C9H11ClFN/c1-6(2)12-9-4-3-7(11)5-8(9)10/h3-6,12H,1-2H3. The van der Waals surface area contributed by atoms with Crippen LogP contribution in [0.15, 0.2) is 18.2 Å². The summed E-state index contributed by atoms with van der Waals surface area (Å²) in [5, 5.41) is 3.52. The zero-order valence-electron chi connectivity index (χ0n) is 7.07. The summed E-state index contributed by atoms with van der Waals surface area (Å²) in [5.74, 6) is -0.311. The van der Waals surface area contributed by atoms with Crippen molar-refractivity contribution in [3.8, 4) is 0 Å². The number of benzene rings is 1. The fourth-order valence-electron chi connectivity index (χ4n) is 0.918. The molecule has 0 saturated carbocycles. The van der Waals surface area contributed by atoms with E-state index in [4.69, 9.17) is 11.6 Å². The van der Waals surface area contributed by atoms with Crippen LogP contribution in [-0.4, -0.2) is 6.04 Å². The second-order valence-electron chi connectivity index (χ2n) is 2.92. The second-order valence-corrected chi connectivity index (χ2v) is 3.33. The zero-order valence-corrected chi connectivity index (χ0v) is 7.82. The third kappa shape index (κ3) is 2.38. The quantitative estimate of drug-likeness (QED) is 0.749. The lowest BCUT2D eigenvalue weighted by Crippen LogP contribution is -2.09. The van der Waals surface area contributed by atoms with Gasteiger partial charge in [-0.1, -0.05) is 11.6 Å². The minimum absolute atomic E-state index is 0.299. The molecule has 12 heavy (non-hydrogen) atoms. The third-order valence-electron chi connectivity index (χ3n) is 1.38. The highest BCUT2D eigenvalue weighted by atomic mass is 35.5. The highest BCUT2D eigenvalue weighted by Gasteiger charge is 2.01. The molecule has 1 nitrogen and oxygen atoms in total. The summed E-state index contributed by atoms with van der Waals surface area (Å²) in [6.07, 6.45) is 0. The van der Waals surface area contributed by atoms with Crippen molar-refractivity contribution < 1.29 is 4.39 Å². The van der Waals surface area contributed by atoms with E-state index in [9.17, 15) is 4.39 Å². The van der Waals surface area contributed by atoms with Crippen LogP contribution < -0.4 is 5.32 Å². The van der Waals surface area contributed by atoms with E-state index in [1.807, 2.05) is 13.8 Å². The lowest BCUT2D eigenvalue weighted by molar-refractivity contribution is 0.628. The fourth-order valence-corrected chi connectivity index (χ4v) is 1.14. The van der Waals surface area contributed by atoms with Crippen LogP contribution in [0.5, 0.6) is 0 Å². The number of hydrogen-bond donors (Lipinski definition) is 1. The second kappa shape index (κ2) is 3.76. The smallest absolute Gasteiger partial charge is 0.124 e. The molecule has 0 aliphatic rings. The van der Waals surface area contributed by atoms with Crippen LogP contribution in [0.2, 0.25) is 5.02 Å². The SMILES string of the molecule is CC(C)Nc1ccc(F)cc1Cl. The molecule has 0 amide bonds. The lowest BCUT2D eigenvalue weighted by Gasteiger charge is -2.10. The molecule has 3 heteroatoms. The average molecular weight is 188 g/mol. The van der Waals surface area contributed by atoms with Crippen LogP contribution in [-0.2, 0) is 0 Å². The maximum absolute atomic E-state index is 12.6. The van der Waals surface area contributed by atoms with Crippen LogP contribution in [0.1, 0.15) is 13.8 Å². The Balaban J connectivity index is 2.86. The maximum atomic E-state index is 12.6. The Labute approximate surface area is 76.5 Å². The predicted octanol–water partition coefficient (Wildman–Crippen LogP) is 3.30.